The smallest absolute Gasteiger partial charge is 0.257 e. The van der Waals surface area contributed by atoms with Gasteiger partial charge in [0.05, 0.1) is 21.2 Å². The molecule has 0 radical (unpaired) electrons. The van der Waals surface area contributed by atoms with Crippen molar-refractivity contribution in [3.8, 4) is 11.5 Å². The number of anilines is 1. The van der Waals surface area contributed by atoms with Crippen molar-refractivity contribution in [3.63, 3.8) is 0 Å². The first-order valence-corrected chi connectivity index (χ1v) is 10.9. The Morgan fingerprint density at radius 3 is 2.33 bits per heavy atom. The fraction of sp³-hybridized carbons (Fsp3) is 0.136. The third-order valence-corrected chi connectivity index (χ3v) is 6.49. The number of ether oxygens (including phenoxy) is 1. The molecule has 0 aliphatic carbocycles. The third kappa shape index (κ3) is 4.81. The Bertz CT molecular complexity index is 1180. The van der Waals surface area contributed by atoms with Crippen LogP contribution in [-0.4, -0.2) is 32.7 Å². The molecule has 0 saturated heterocycles. The van der Waals surface area contributed by atoms with E-state index in [2.05, 4.69) is 5.32 Å². The predicted octanol–water partition coefficient (Wildman–Crippen LogP) is 4.94. The Morgan fingerprint density at radius 1 is 1.00 bits per heavy atom. The van der Waals surface area contributed by atoms with E-state index < -0.39 is 15.9 Å². The van der Waals surface area contributed by atoms with Crippen LogP contribution in [0, 0.1) is 6.92 Å². The van der Waals surface area contributed by atoms with Crippen molar-refractivity contribution in [2.45, 2.75) is 11.8 Å². The normalized spacial score (nSPS) is 11.4. The summed E-state index contributed by atoms with van der Waals surface area (Å²) in [5.41, 5.74) is 1.58. The van der Waals surface area contributed by atoms with Crippen LogP contribution in [-0.2, 0) is 10.0 Å². The second-order valence-electron chi connectivity index (χ2n) is 6.79. The van der Waals surface area contributed by atoms with E-state index in [-0.39, 0.29) is 15.5 Å². The quantitative estimate of drug-likeness (QED) is 0.584. The van der Waals surface area contributed by atoms with Crippen LogP contribution < -0.4 is 10.1 Å². The molecule has 0 heterocycles. The maximum atomic E-state index is 12.9. The van der Waals surface area contributed by atoms with Gasteiger partial charge in [0.15, 0.2) is 5.75 Å². The Morgan fingerprint density at radius 2 is 1.67 bits per heavy atom. The molecule has 30 heavy (non-hydrogen) atoms. The average molecular weight is 445 g/mol. The molecule has 3 aromatic carbocycles. The molecule has 0 atom stereocenters. The molecular formula is C22H21ClN2O4S. The fourth-order valence-electron chi connectivity index (χ4n) is 2.63. The van der Waals surface area contributed by atoms with Crippen LogP contribution in [0.15, 0.2) is 71.6 Å². The van der Waals surface area contributed by atoms with Gasteiger partial charge >= 0.3 is 0 Å². The highest BCUT2D eigenvalue weighted by Crippen LogP contribution is 2.31. The SMILES string of the molecule is Cc1ccc(Oc2ccccc2NC(=O)c2cc(S(=O)(=O)N(C)C)ccc2Cl)cc1. The minimum absolute atomic E-state index is 0.0220. The van der Waals surface area contributed by atoms with Gasteiger partial charge in [0.1, 0.15) is 5.75 Å². The van der Waals surface area contributed by atoms with Crippen LogP contribution in [0.4, 0.5) is 5.69 Å². The Kier molecular flexibility index (Phi) is 6.45. The molecule has 0 fully saturated rings. The van der Waals surface area contributed by atoms with Gasteiger partial charge in [0.25, 0.3) is 5.91 Å². The topological polar surface area (TPSA) is 75.7 Å². The summed E-state index contributed by atoms with van der Waals surface area (Å²) in [5.74, 6) is 0.526. The molecule has 0 saturated carbocycles. The number of aryl methyl sites for hydroxylation is 1. The molecule has 0 aliphatic rings. The van der Waals surface area contributed by atoms with Crippen LogP contribution in [0.1, 0.15) is 15.9 Å². The molecular weight excluding hydrogens is 424 g/mol. The summed E-state index contributed by atoms with van der Waals surface area (Å²) in [7, 11) is -0.867. The molecule has 1 amide bonds. The maximum Gasteiger partial charge on any atom is 0.257 e. The molecule has 1 N–H and O–H groups in total. The van der Waals surface area contributed by atoms with Crippen molar-refractivity contribution < 1.29 is 17.9 Å². The first-order valence-electron chi connectivity index (χ1n) is 9.05. The monoisotopic (exact) mass is 444 g/mol. The number of hydrogen-bond acceptors (Lipinski definition) is 4. The molecule has 0 aliphatic heterocycles. The lowest BCUT2D eigenvalue weighted by molar-refractivity contribution is 0.102. The largest absolute Gasteiger partial charge is 0.455 e. The van der Waals surface area contributed by atoms with Gasteiger partial charge in [-0.15, -0.1) is 0 Å². The lowest BCUT2D eigenvalue weighted by Crippen LogP contribution is -2.23. The third-order valence-electron chi connectivity index (χ3n) is 4.35. The number of amides is 1. The van der Waals surface area contributed by atoms with E-state index in [1.807, 2.05) is 31.2 Å². The van der Waals surface area contributed by atoms with Crippen LogP contribution in [0.2, 0.25) is 5.02 Å². The van der Waals surface area contributed by atoms with Crippen LogP contribution >= 0.6 is 11.6 Å². The lowest BCUT2D eigenvalue weighted by Gasteiger charge is -2.15. The Labute approximate surface area is 181 Å². The highest BCUT2D eigenvalue weighted by atomic mass is 35.5. The zero-order valence-corrected chi connectivity index (χ0v) is 18.3. The van der Waals surface area contributed by atoms with Crippen LogP contribution in [0.5, 0.6) is 11.5 Å². The molecule has 0 aromatic heterocycles. The number of sulfonamides is 1. The Hall–Kier alpha value is -2.87. The van der Waals surface area contributed by atoms with Gasteiger partial charge in [0.2, 0.25) is 10.0 Å². The number of carbonyl (C=O) groups excluding carboxylic acids is 1. The van der Waals surface area contributed by atoms with E-state index in [4.69, 9.17) is 16.3 Å². The summed E-state index contributed by atoms with van der Waals surface area (Å²) < 4.78 is 31.7. The highest BCUT2D eigenvalue weighted by molar-refractivity contribution is 7.89. The second-order valence-corrected chi connectivity index (χ2v) is 9.35. The molecule has 8 heteroatoms. The number of hydrogen-bond donors (Lipinski definition) is 1. The number of benzene rings is 3. The first kappa shape index (κ1) is 21.8. The molecule has 3 aromatic rings. The molecule has 0 spiro atoms. The number of nitrogens with one attached hydrogen (secondary N) is 1. The summed E-state index contributed by atoms with van der Waals surface area (Å²) in [6.07, 6.45) is 0. The number of rotatable bonds is 6. The van der Waals surface area contributed by atoms with E-state index >= 15 is 0 Å². The van der Waals surface area contributed by atoms with E-state index in [0.717, 1.165) is 9.87 Å². The number of nitrogens with zero attached hydrogens (tertiary/aromatic N) is 1. The van der Waals surface area contributed by atoms with Gasteiger partial charge in [0, 0.05) is 14.1 Å². The van der Waals surface area contributed by atoms with Gasteiger partial charge in [-0.25, -0.2) is 12.7 Å². The molecule has 6 nitrogen and oxygen atoms in total. The van der Waals surface area contributed by atoms with Gasteiger partial charge < -0.3 is 10.1 Å². The van der Waals surface area contributed by atoms with E-state index in [1.165, 1.54) is 32.3 Å². The first-order chi connectivity index (χ1) is 14.2. The summed E-state index contributed by atoms with van der Waals surface area (Å²) in [6.45, 7) is 1.98. The number of para-hydroxylation sites is 2. The van der Waals surface area contributed by atoms with Crippen molar-refractivity contribution in [3.05, 3.63) is 82.9 Å². The highest BCUT2D eigenvalue weighted by Gasteiger charge is 2.21. The van der Waals surface area contributed by atoms with Crippen LogP contribution in [0.3, 0.4) is 0 Å². The average Bonchev–Trinajstić information content (AvgIpc) is 2.71. The zero-order valence-electron chi connectivity index (χ0n) is 16.7. The van der Waals surface area contributed by atoms with E-state index in [1.54, 1.807) is 24.3 Å². The minimum atomic E-state index is -3.70. The molecule has 156 valence electrons. The summed E-state index contributed by atoms with van der Waals surface area (Å²) in [5, 5.41) is 2.89. The van der Waals surface area contributed by atoms with Crippen molar-refractivity contribution in [1.29, 1.82) is 0 Å². The number of halogens is 1. The summed E-state index contributed by atoms with van der Waals surface area (Å²) in [4.78, 5) is 12.9. The zero-order chi connectivity index (χ0) is 21.9. The predicted molar refractivity (Wildman–Crippen MR) is 118 cm³/mol. The Balaban J connectivity index is 1.89. The maximum absolute atomic E-state index is 12.9. The minimum Gasteiger partial charge on any atom is -0.455 e. The van der Waals surface area contributed by atoms with Crippen LogP contribution in [0.25, 0.3) is 0 Å². The molecule has 0 bridgehead atoms. The van der Waals surface area contributed by atoms with E-state index in [0.29, 0.717) is 17.2 Å². The van der Waals surface area contributed by atoms with Gasteiger partial charge in [-0.05, 0) is 49.4 Å². The summed E-state index contributed by atoms with van der Waals surface area (Å²) in [6, 6.07) is 18.5. The van der Waals surface area contributed by atoms with Gasteiger partial charge in [-0.2, -0.15) is 0 Å². The summed E-state index contributed by atoms with van der Waals surface area (Å²) >= 11 is 6.17. The molecule has 3 rings (SSSR count). The molecule has 0 unspecified atom stereocenters. The second kappa shape index (κ2) is 8.87. The van der Waals surface area contributed by atoms with Crippen molar-refractivity contribution in [1.82, 2.24) is 4.31 Å². The fourth-order valence-corrected chi connectivity index (χ4v) is 3.76. The lowest BCUT2D eigenvalue weighted by atomic mass is 10.2. The number of carbonyl (C=O) groups is 1. The standard InChI is InChI=1S/C22H21ClN2O4S/c1-15-8-10-16(11-9-15)29-21-7-5-4-6-20(21)24-22(26)18-14-17(12-13-19(18)23)30(27,28)25(2)3/h4-14H,1-3H3,(H,24,26). The van der Waals surface area contributed by atoms with Gasteiger partial charge in [-0.1, -0.05) is 41.4 Å². The van der Waals surface area contributed by atoms with Gasteiger partial charge in [-0.3, -0.25) is 4.79 Å². The van der Waals surface area contributed by atoms with E-state index in [9.17, 15) is 13.2 Å². The van der Waals surface area contributed by atoms with Crippen molar-refractivity contribution >= 4 is 33.2 Å². The van der Waals surface area contributed by atoms with Crippen molar-refractivity contribution in [2.75, 3.05) is 19.4 Å². The van der Waals surface area contributed by atoms with Crippen molar-refractivity contribution in [2.24, 2.45) is 0 Å².